The summed E-state index contributed by atoms with van der Waals surface area (Å²) < 4.78 is 0.764. The molecule has 74 valence electrons. The number of benzene rings is 1. The summed E-state index contributed by atoms with van der Waals surface area (Å²) in [6.07, 6.45) is 4.50. The van der Waals surface area contributed by atoms with E-state index in [4.69, 9.17) is 0 Å². The lowest BCUT2D eigenvalue weighted by Gasteiger charge is -2.01. The standard InChI is InChI=1S/C11H7BrN2O/c12-9-4-2-1-3-8(9)11(15)10-7-13-5-6-14-10/h1-7H. The van der Waals surface area contributed by atoms with Crippen LogP contribution < -0.4 is 0 Å². The largest absolute Gasteiger partial charge is 0.287 e. The quantitative estimate of drug-likeness (QED) is 0.781. The van der Waals surface area contributed by atoms with Crippen molar-refractivity contribution >= 4 is 21.7 Å². The third-order valence-electron chi connectivity index (χ3n) is 1.91. The zero-order valence-corrected chi connectivity index (χ0v) is 9.31. The Hall–Kier alpha value is -1.55. The van der Waals surface area contributed by atoms with Crippen LogP contribution in [-0.4, -0.2) is 15.8 Å². The summed E-state index contributed by atoms with van der Waals surface area (Å²) in [6.45, 7) is 0. The normalized spacial score (nSPS) is 9.93. The number of hydrogen-bond acceptors (Lipinski definition) is 3. The minimum atomic E-state index is -0.129. The van der Waals surface area contributed by atoms with Crippen LogP contribution >= 0.6 is 15.9 Å². The second kappa shape index (κ2) is 4.31. The Labute approximate surface area is 95.3 Å². The molecule has 0 amide bonds. The molecule has 0 spiro atoms. The van der Waals surface area contributed by atoms with E-state index in [1.165, 1.54) is 18.6 Å². The Morgan fingerprint density at radius 3 is 2.67 bits per heavy atom. The number of carbonyl (C=O) groups is 1. The summed E-state index contributed by atoms with van der Waals surface area (Å²) in [4.78, 5) is 19.8. The van der Waals surface area contributed by atoms with E-state index in [0.717, 1.165) is 4.47 Å². The molecule has 0 saturated heterocycles. The first-order valence-corrected chi connectivity index (χ1v) is 5.13. The fourth-order valence-electron chi connectivity index (χ4n) is 1.20. The molecule has 15 heavy (non-hydrogen) atoms. The first-order valence-electron chi connectivity index (χ1n) is 4.34. The van der Waals surface area contributed by atoms with E-state index < -0.39 is 0 Å². The van der Waals surface area contributed by atoms with Crippen LogP contribution in [0.2, 0.25) is 0 Å². The Balaban J connectivity index is 2.42. The van der Waals surface area contributed by atoms with Crippen LogP contribution in [0.5, 0.6) is 0 Å². The van der Waals surface area contributed by atoms with Crippen molar-refractivity contribution in [3.05, 3.63) is 58.6 Å². The Morgan fingerprint density at radius 1 is 1.20 bits per heavy atom. The predicted molar refractivity (Wildman–Crippen MR) is 59.6 cm³/mol. The molecule has 1 aromatic heterocycles. The van der Waals surface area contributed by atoms with E-state index in [-0.39, 0.29) is 5.78 Å². The number of aromatic nitrogens is 2. The van der Waals surface area contributed by atoms with Crippen LogP contribution in [-0.2, 0) is 0 Å². The van der Waals surface area contributed by atoms with Crippen molar-refractivity contribution in [1.82, 2.24) is 9.97 Å². The molecule has 0 N–H and O–H groups in total. The fraction of sp³-hybridized carbons (Fsp3) is 0. The highest BCUT2D eigenvalue weighted by Gasteiger charge is 2.12. The molecule has 0 aliphatic carbocycles. The van der Waals surface area contributed by atoms with Crippen LogP contribution in [0.1, 0.15) is 16.1 Å². The van der Waals surface area contributed by atoms with E-state index in [1.54, 1.807) is 6.07 Å². The minimum Gasteiger partial charge on any atom is -0.287 e. The molecule has 0 aliphatic heterocycles. The predicted octanol–water partition coefficient (Wildman–Crippen LogP) is 2.47. The summed E-state index contributed by atoms with van der Waals surface area (Å²) in [7, 11) is 0. The Kier molecular flexibility index (Phi) is 2.87. The summed E-state index contributed by atoms with van der Waals surface area (Å²) >= 11 is 3.33. The molecule has 0 bridgehead atoms. The van der Waals surface area contributed by atoms with E-state index in [9.17, 15) is 4.79 Å². The maximum Gasteiger partial charge on any atom is 0.214 e. The molecule has 0 atom stereocenters. The van der Waals surface area contributed by atoms with Crippen molar-refractivity contribution in [2.75, 3.05) is 0 Å². The lowest BCUT2D eigenvalue weighted by molar-refractivity contribution is 0.103. The number of ketones is 1. The van der Waals surface area contributed by atoms with Gasteiger partial charge in [-0.2, -0.15) is 0 Å². The van der Waals surface area contributed by atoms with Gasteiger partial charge in [0.05, 0.1) is 6.20 Å². The molecule has 4 heteroatoms. The lowest BCUT2D eigenvalue weighted by atomic mass is 10.1. The van der Waals surface area contributed by atoms with Gasteiger partial charge < -0.3 is 0 Å². The average molecular weight is 263 g/mol. The zero-order valence-electron chi connectivity index (χ0n) is 7.72. The van der Waals surface area contributed by atoms with Gasteiger partial charge in [-0.05, 0) is 12.1 Å². The van der Waals surface area contributed by atoms with Gasteiger partial charge in [0, 0.05) is 22.4 Å². The van der Waals surface area contributed by atoms with E-state index in [0.29, 0.717) is 11.3 Å². The van der Waals surface area contributed by atoms with E-state index in [2.05, 4.69) is 25.9 Å². The molecule has 0 saturated carbocycles. The smallest absolute Gasteiger partial charge is 0.214 e. The van der Waals surface area contributed by atoms with Crippen molar-refractivity contribution < 1.29 is 4.79 Å². The molecule has 0 aliphatic rings. The van der Waals surface area contributed by atoms with Gasteiger partial charge in [-0.25, -0.2) is 4.98 Å². The highest BCUT2D eigenvalue weighted by Crippen LogP contribution is 2.18. The fourth-order valence-corrected chi connectivity index (χ4v) is 1.66. The molecular weight excluding hydrogens is 256 g/mol. The topological polar surface area (TPSA) is 42.9 Å². The maximum atomic E-state index is 11.9. The minimum absolute atomic E-state index is 0.129. The Bertz CT molecular complexity index is 485. The van der Waals surface area contributed by atoms with Gasteiger partial charge in [-0.1, -0.05) is 28.1 Å². The molecule has 0 radical (unpaired) electrons. The molecule has 0 unspecified atom stereocenters. The highest BCUT2D eigenvalue weighted by molar-refractivity contribution is 9.10. The lowest BCUT2D eigenvalue weighted by Crippen LogP contribution is -2.04. The molecule has 3 nitrogen and oxygen atoms in total. The number of halogens is 1. The van der Waals surface area contributed by atoms with Gasteiger partial charge in [-0.3, -0.25) is 9.78 Å². The summed E-state index contributed by atoms with van der Waals surface area (Å²) in [5, 5.41) is 0. The first-order chi connectivity index (χ1) is 7.29. The third-order valence-corrected chi connectivity index (χ3v) is 2.61. The first kappa shape index (κ1) is 9.98. The van der Waals surface area contributed by atoms with Crippen molar-refractivity contribution in [2.24, 2.45) is 0 Å². The average Bonchev–Trinajstić information content (AvgIpc) is 2.30. The molecule has 2 aromatic rings. The van der Waals surface area contributed by atoms with Crippen LogP contribution in [0.25, 0.3) is 0 Å². The SMILES string of the molecule is O=C(c1cnccn1)c1ccccc1Br. The molecule has 1 aromatic carbocycles. The van der Waals surface area contributed by atoms with Crippen molar-refractivity contribution in [1.29, 1.82) is 0 Å². The molecule has 2 rings (SSSR count). The van der Waals surface area contributed by atoms with Gasteiger partial charge in [0.15, 0.2) is 0 Å². The monoisotopic (exact) mass is 262 g/mol. The van der Waals surface area contributed by atoms with Gasteiger partial charge in [0.25, 0.3) is 0 Å². The van der Waals surface area contributed by atoms with Crippen molar-refractivity contribution in [3.8, 4) is 0 Å². The molecule has 1 heterocycles. The number of hydrogen-bond donors (Lipinski definition) is 0. The number of nitrogens with zero attached hydrogens (tertiary/aromatic N) is 2. The van der Waals surface area contributed by atoms with Crippen LogP contribution in [0, 0.1) is 0 Å². The second-order valence-electron chi connectivity index (χ2n) is 2.90. The van der Waals surface area contributed by atoms with Crippen molar-refractivity contribution in [3.63, 3.8) is 0 Å². The molecule has 0 fully saturated rings. The van der Waals surface area contributed by atoms with Gasteiger partial charge >= 0.3 is 0 Å². The highest BCUT2D eigenvalue weighted by atomic mass is 79.9. The number of carbonyl (C=O) groups excluding carboxylic acids is 1. The summed E-state index contributed by atoms with van der Waals surface area (Å²) in [6, 6.07) is 7.25. The van der Waals surface area contributed by atoms with Crippen LogP contribution in [0.4, 0.5) is 0 Å². The van der Waals surface area contributed by atoms with Gasteiger partial charge in [0.1, 0.15) is 5.69 Å². The van der Waals surface area contributed by atoms with E-state index >= 15 is 0 Å². The van der Waals surface area contributed by atoms with Gasteiger partial charge in [0.2, 0.25) is 5.78 Å². The van der Waals surface area contributed by atoms with Gasteiger partial charge in [-0.15, -0.1) is 0 Å². The molecular formula is C11H7BrN2O. The van der Waals surface area contributed by atoms with Crippen LogP contribution in [0.3, 0.4) is 0 Å². The summed E-state index contributed by atoms with van der Waals surface area (Å²) in [5.41, 5.74) is 0.947. The third kappa shape index (κ3) is 2.10. The maximum absolute atomic E-state index is 11.9. The van der Waals surface area contributed by atoms with Crippen molar-refractivity contribution in [2.45, 2.75) is 0 Å². The Morgan fingerprint density at radius 2 is 2.00 bits per heavy atom. The zero-order chi connectivity index (χ0) is 10.7. The second-order valence-corrected chi connectivity index (χ2v) is 3.75. The van der Waals surface area contributed by atoms with E-state index in [1.807, 2.05) is 18.2 Å². The van der Waals surface area contributed by atoms with Crippen LogP contribution in [0.15, 0.2) is 47.3 Å². The summed E-state index contributed by atoms with van der Waals surface area (Å²) in [5.74, 6) is -0.129. The number of rotatable bonds is 2.